The van der Waals surface area contributed by atoms with Gasteiger partial charge in [0, 0.05) is 25.3 Å². The predicted molar refractivity (Wildman–Crippen MR) is 82.5 cm³/mol. The molecule has 6 heteroatoms. The number of hydrogen-bond donors (Lipinski definition) is 1. The van der Waals surface area contributed by atoms with E-state index in [1.807, 2.05) is 34.7 Å². The zero-order chi connectivity index (χ0) is 15.4. The van der Waals surface area contributed by atoms with Crippen LogP contribution < -0.4 is 4.90 Å². The maximum absolute atomic E-state index is 10.7. The molecule has 1 aromatic heterocycles. The predicted octanol–water partition coefficient (Wildman–Crippen LogP) is 2.39. The van der Waals surface area contributed by atoms with Crippen molar-refractivity contribution in [2.24, 2.45) is 5.92 Å². The molecular formula is C15H22N4O2. The summed E-state index contributed by atoms with van der Waals surface area (Å²) in [7, 11) is 0. The van der Waals surface area contributed by atoms with Gasteiger partial charge in [-0.3, -0.25) is 4.79 Å². The largest absolute Gasteiger partial charge is 0.481 e. The van der Waals surface area contributed by atoms with Gasteiger partial charge in [0.1, 0.15) is 5.52 Å². The Balaban J connectivity index is 2.23. The Bertz CT molecular complexity index is 621. The lowest BCUT2D eigenvalue weighted by molar-refractivity contribution is -0.136. The molecule has 0 aliphatic carbocycles. The summed E-state index contributed by atoms with van der Waals surface area (Å²) in [5.74, 6) is -0.269. The van der Waals surface area contributed by atoms with E-state index in [9.17, 15) is 4.79 Å². The van der Waals surface area contributed by atoms with E-state index in [0.717, 1.165) is 29.8 Å². The normalized spacial score (nSPS) is 11.2. The SMILES string of the molecule is CCN(CCC(=O)O)c1ccc2c(c1)nnn2CC(C)C. The van der Waals surface area contributed by atoms with Crippen molar-refractivity contribution in [2.45, 2.75) is 33.7 Å². The highest BCUT2D eigenvalue weighted by Gasteiger charge is 2.11. The molecule has 0 saturated heterocycles. The first-order valence-corrected chi connectivity index (χ1v) is 7.31. The van der Waals surface area contributed by atoms with E-state index >= 15 is 0 Å². The summed E-state index contributed by atoms with van der Waals surface area (Å²) in [4.78, 5) is 12.8. The lowest BCUT2D eigenvalue weighted by atomic mass is 10.2. The molecule has 0 aliphatic rings. The van der Waals surface area contributed by atoms with E-state index in [4.69, 9.17) is 5.11 Å². The van der Waals surface area contributed by atoms with E-state index in [1.54, 1.807) is 0 Å². The van der Waals surface area contributed by atoms with Crippen LogP contribution in [0.5, 0.6) is 0 Å². The minimum Gasteiger partial charge on any atom is -0.481 e. The van der Waals surface area contributed by atoms with Crippen LogP contribution in [0.15, 0.2) is 18.2 Å². The number of anilines is 1. The second kappa shape index (κ2) is 6.56. The van der Waals surface area contributed by atoms with Crippen molar-refractivity contribution < 1.29 is 9.90 Å². The maximum Gasteiger partial charge on any atom is 0.305 e. The summed E-state index contributed by atoms with van der Waals surface area (Å²) in [6.07, 6.45) is 0.131. The second-order valence-electron chi connectivity index (χ2n) is 5.56. The number of carboxylic acids is 1. The molecule has 21 heavy (non-hydrogen) atoms. The molecule has 2 aromatic rings. The van der Waals surface area contributed by atoms with Crippen LogP contribution in [-0.2, 0) is 11.3 Å². The van der Waals surface area contributed by atoms with Gasteiger partial charge in [-0.25, -0.2) is 4.68 Å². The molecule has 1 aromatic carbocycles. The summed E-state index contributed by atoms with van der Waals surface area (Å²) >= 11 is 0. The third kappa shape index (κ3) is 3.71. The molecule has 0 aliphatic heterocycles. The first kappa shape index (κ1) is 15.3. The molecule has 0 amide bonds. The fraction of sp³-hybridized carbons (Fsp3) is 0.533. The Morgan fingerprint density at radius 2 is 2.19 bits per heavy atom. The fourth-order valence-corrected chi connectivity index (χ4v) is 2.34. The van der Waals surface area contributed by atoms with Gasteiger partial charge in [-0.05, 0) is 31.0 Å². The van der Waals surface area contributed by atoms with Gasteiger partial charge >= 0.3 is 5.97 Å². The van der Waals surface area contributed by atoms with Crippen LogP contribution >= 0.6 is 0 Å². The van der Waals surface area contributed by atoms with Crippen molar-refractivity contribution in [2.75, 3.05) is 18.0 Å². The average molecular weight is 290 g/mol. The Morgan fingerprint density at radius 1 is 1.43 bits per heavy atom. The maximum atomic E-state index is 10.7. The van der Waals surface area contributed by atoms with Gasteiger partial charge in [0.2, 0.25) is 0 Å². The molecule has 6 nitrogen and oxygen atoms in total. The molecular weight excluding hydrogens is 268 g/mol. The number of carbonyl (C=O) groups is 1. The van der Waals surface area contributed by atoms with Crippen molar-refractivity contribution in [1.29, 1.82) is 0 Å². The summed E-state index contributed by atoms with van der Waals surface area (Å²) < 4.78 is 1.91. The number of fused-ring (bicyclic) bond motifs is 1. The smallest absolute Gasteiger partial charge is 0.305 e. The topological polar surface area (TPSA) is 71.2 Å². The van der Waals surface area contributed by atoms with E-state index in [0.29, 0.717) is 12.5 Å². The van der Waals surface area contributed by atoms with Gasteiger partial charge in [0.15, 0.2) is 0 Å². The average Bonchev–Trinajstić information content (AvgIpc) is 2.81. The zero-order valence-corrected chi connectivity index (χ0v) is 12.8. The van der Waals surface area contributed by atoms with E-state index in [2.05, 4.69) is 24.2 Å². The molecule has 0 radical (unpaired) electrons. The third-order valence-electron chi connectivity index (χ3n) is 3.38. The Hall–Kier alpha value is -2.11. The number of carboxylic acid groups (broad SMARTS) is 1. The second-order valence-corrected chi connectivity index (χ2v) is 5.56. The molecule has 0 atom stereocenters. The van der Waals surface area contributed by atoms with Gasteiger partial charge in [-0.2, -0.15) is 0 Å². The third-order valence-corrected chi connectivity index (χ3v) is 3.38. The summed E-state index contributed by atoms with van der Waals surface area (Å²) in [5, 5.41) is 17.2. The van der Waals surface area contributed by atoms with Gasteiger partial charge in [0.25, 0.3) is 0 Å². The number of hydrogen-bond acceptors (Lipinski definition) is 4. The monoisotopic (exact) mass is 290 g/mol. The van der Waals surface area contributed by atoms with Crippen LogP contribution in [0.4, 0.5) is 5.69 Å². The molecule has 0 spiro atoms. The summed E-state index contributed by atoms with van der Waals surface area (Å²) in [6.45, 7) is 8.41. The number of aromatic nitrogens is 3. The lowest BCUT2D eigenvalue weighted by Gasteiger charge is -2.22. The van der Waals surface area contributed by atoms with Crippen LogP contribution in [0.25, 0.3) is 11.0 Å². The zero-order valence-electron chi connectivity index (χ0n) is 12.8. The van der Waals surface area contributed by atoms with Crippen LogP contribution in [0, 0.1) is 5.92 Å². The molecule has 1 heterocycles. The van der Waals surface area contributed by atoms with Gasteiger partial charge < -0.3 is 10.0 Å². The molecule has 2 rings (SSSR count). The van der Waals surface area contributed by atoms with Crippen molar-refractivity contribution >= 4 is 22.7 Å². The van der Waals surface area contributed by atoms with Crippen LogP contribution in [0.1, 0.15) is 27.2 Å². The Labute approximate surface area is 124 Å². The fourth-order valence-electron chi connectivity index (χ4n) is 2.34. The van der Waals surface area contributed by atoms with Crippen LogP contribution in [0.3, 0.4) is 0 Å². The first-order valence-electron chi connectivity index (χ1n) is 7.31. The van der Waals surface area contributed by atoms with Crippen LogP contribution in [0.2, 0.25) is 0 Å². The van der Waals surface area contributed by atoms with Gasteiger partial charge in [-0.1, -0.05) is 19.1 Å². The van der Waals surface area contributed by atoms with Crippen LogP contribution in [-0.4, -0.2) is 39.2 Å². The molecule has 0 bridgehead atoms. The number of benzene rings is 1. The van der Waals surface area contributed by atoms with Crippen molar-refractivity contribution in [3.05, 3.63) is 18.2 Å². The quantitative estimate of drug-likeness (QED) is 0.847. The van der Waals surface area contributed by atoms with E-state index < -0.39 is 5.97 Å². The molecule has 0 unspecified atom stereocenters. The molecule has 114 valence electrons. The highest BCUT2D eigenvalue weighted by molar-refractivity contribution is 5.79. The standard InChI is InChI=1S/C15H22N4O2/c1-4-18(8-7-15(20)21)12-5-6-14-13(9-12)16-17-19(14)10-11(2)3/h5-6,9,11H,4,7-8,10H2,1-3H3,(H,20,21). The molecule has 1 N–H and O–H groups in total. The number of nitrogens with zero attached hydrogens (tertiary/aromatic N) is 4. The van der Waals surface area contributed by atoms with Crippen molar-refractivity contribution in [3.63, 3.8) is 0 Å². The number of rotatable bonds is 7. The highest BCUT2D eigenvalue weighted by Crippen LogP contribution is 2.21. The first-order chi connectivity index (χ1) is 10.0. The Morgan fingerprint density at radius 3 is 2.81 bits per heavy atom. The summed E-state index contributed by atoms with van der Waals surface area (Å²) in [6, 6.07) is 5.99. The lowest BCUT2D eigenvalue weighted by Crippen LogP contribution is -2.25. The summed E-state index contributed by atoms with van der Waals surface area (Å²) in [5.41, 5.74) is 2.85. The Kier molecular flexibility index (Phi) is 4.77. The molecule has 0 fully saturated rings. The van der Waals surface area contributed by atoms with Gasteiger partial charge in [0.05, 0.1) is 11.9 Å². The van der Waals surface area contributed by atoms with E-state index in [-0.39, 0.29) is 6.42 Å². The van der Waals surface area contributed by atoms with Crippen molar-refractivity contribution in [1.82, 2.24) is 15.0 Å². The van der Waals surface area contributed by atoms with Gasteiger partial charge in [-0.15, -0.1) is 5.10 Å². The molecule has 0 saturated carbocycles. The van der Waals surface area contributed by atoms with Crippen molar-refractivity contribution in [3.8, 4) is 0 Å². The highest BCUT2D eigenvalue weighted by atomic mass is 16.4. The minimum absolute atomic E-state index is 0.131. The number of aliphatic carboxylic acids is 1. The minimum atomic E-state index is -0.780. The van der Waals surface area contributed by atoms with E-state index in [1.165, 1.54) is 0 Å².